The Kier molecular flexibility index (Phi) is 24.5. The van der Waals surface area contributed by atoms with E-state index in [2.05, 4.69) is 286 Å². The topological polar surface area (TPSA) is 274 Å². The summed E-state index contributed by atoms with van der Waals surface area (Å²) in [5, 5.41) is 64.1. The Hall–Kier alpha value is -10.9. The van der Waals surface area contributed by atoms with Crippen LogP contribution in [0.3, 0.4) is 0 Å². The van der Waals surface area contributed by atoms with E-state index in [9.17, 15) is 5.11 Å². The van der Waals surface area contributed by atoms with Gasteiger partial charge in [-0.05, 0) is 292 Å². The largest absolute Gasteiger partial charge is 0.507 e. The van der Waals surface area contributed by atoms with Gasteiger partial charge in [0, 0.05) is 179 Å². The van der Waals surface area contributed by atoms with Crippen LogP contribution in [0.1, 0.15) is 186 Å². The van der Waals surface area contributed by atoms with Crippen molar-refractivity contribution in [2.24, 2.45) is 0 Å². The Balaban J connectivity index is 0.000000133. The standard InChI is InChI=1S/C27H36N6O.C24H31N5O.2C23H30N6/c1-17-12-23(33-10-7-11-33)19-13-20(24(34)14-22(19)28-17)21-8-9-25(30-29-21)32(6)18-15-26(2,3)31-27(4,5)16-18;1-23(2)14-17(15-24(3,4)28-23)29(5)22-10-9-19(26-27-22)16-7-8-20-18(13-16)21(30-6)11-12-25-20;1-15-14-24-20-11-16(7-8-19(20)25-15)18-9-10-21(27-26-18)29(6)17-12-22(2,3)28-23(4,5)13-17;1-15-14-24-19-8-7-16(11-20(19)25-15)18-9-10-21(27-26-18)29(6)17-12-22(2,3)28-23(4,5)13-17/h8-9,12-14,18,31,34H,7,10-11,15-16H2,1-6H3;7-13,17,28H,14-15H2,1-6H3;2*7-11,14,17,28H,12-13H2,1-6H3. The summed E-state index contributed by atoms with van der Waals surface area (Å²) in [5.74, 6) is 4.55. The molecule has 5 aliphatic rings. The fourth-order valence-corrected chi connectivity index (χ4v) is 20.0. The minimum Gasteiger partial charge on any atom is -0.507 e. The van der Waals surface area contributed by atoms with E-state index in [0.29, 0.717) is 35.4 Å². The van der Waals surface area contributed by atoms with Crippen molar-refractivity contribution in [2.75, 3.05) is 72.9 Å². The number of phenolic OH excluding ortho intramolecular Hbond substituents is 1. The Morgan fingerprint density at radius 3 is 1.10 bits per heavy atom. The number of aromatic nitrogens is 14. The third kappa shape index (κ3) is 20.7. The molecule has 0 unspecified atom stereocenters. The summed E-state index contributed by atoms with van der Waals surface area (Å²) >= 11 is 0. The van der Waals surface area contributed by atoms with Crippen LogP contribution in [0.25, 0.3) is 88.9 Å². The first-order valence-corrected chi connectivity index (χ1v) is 43.2. The maximum Gasteiger partial charge on any atom is 0.151 e. The fourth-order valence-electron chi connectivity index (χ4n) is 20.0. The second-order valence-electron chi connectivity index (χ2n) is 40.1. The number of piperidine rings is 4. The number of phenols is 1. The zero-order valence-electron chi connectivity index (χ0n) is 76.3. The molecule has 13 heterocycles. The van der Waals surface area contributed by atoms with Crippen molar-refractivity contribution in [2.45, 2.75) is 258 Å². The predicted molar refractivity (Wildman–Crippen MR) is 497 cm³/mol. The van der Waals surface area contributed by atoms with E-state index in [1.807, 2.05) is 112 Å². The smallest absolute Gasteiger partial charge is 0.151 e. The summed E-state index contributed by atoms with van der Waals surface area (Å²) in [6, 6.07) is 43.8. The van der Waals surface area contributed by atoms with Gasteiger partial charge in [-0.15, -0.1) is 40.8 Å². The van der Waals surface area contributed by atoms with E-state index in [0.717, 1.165) is 188 Å². The van der Waals surface area contributed by atoms with E-state index in [1.165, 1.54) is 12.1 Å². The molecule has 5 saturated heterocycles. The molecule has 122 heavy (non-hydrogen) atoms. The van der Waals surface area contributed by atoms with Crippen LogP contribution in [0, 0.1) is 20.8 Å². The lowest BCUT2D eigenvalue weighted by Crippen LogP contribution is -2.62. The maximum atomic E-state index is 10.8. The number of pyridine rings is 2. The van der Waals surface area contributed by atoms with Crippen molar-refractivity contribution in [3.05, 3.63) is 163 Å². The van der Waals surface area contributed by atoms with Gasteiger partial charge in [0.1, 0.15) is 11.5 Å². The van der Waals surface area contributed by atoms with Gasteiger partial charge in [-0.25, -0.2) is 9.97 Å². The second-order valence-corrected chi connectivity index (χ2v) is 40.1. The van der Waals surface area contributed by atoms with Crippen molar-refractivity contribution >= 4 is 72.8 Å². The minimum atomic E-state index is 0.0610. The highest BCUT2D eigenvalue weighted by atomic mass is 16.5. The van der Waals surface area contributed by atoms with Crippen LogP contribution < -0.4 is 50.5 Å². The number of hydrogen-bond acceptors (Lipinski definition) is 25. The highest BCUT2D eigenvalue weighted by molar-refractivity contribution is 5.97. The number of rotatable bonds is 14. The number of fused-ring (bicyclic) bond motifs is 4. The summed E-state index contributed by atoms with van der Waals surface area (Å²) in [5.41, 5.74) is 16.8. The molecule has 0 amide bonds. The molecule has 25 nitrogen and oxygen atoms in total. The van der Waals surface area contributed by atoms with Gasteiger partial charge in [0.15, 0.2) is 23.3 Å². The lowest BCUT2D eigenvalue weighted by Gasteiger charge is -2.49. The first-order chi connectivity index (χ1) is 57.4. The molecule has 5 aliphatic heterocycles. The van der Waals surface area contributed by atoms with Gasteiger partial charge in [-0.3, -0.25) is 19.9 Å². The first-order valence-electron chi connectivity index (χ1n) is 43.2. The molecular formula is C97H127N23O2. The lowest BCUT2D eigenvalue weighted by atomic mass is 9.79. The number of hydrogen-bond donors (Lipinski definition) is 5. The van der Waals surface area contributed by atoms with E-state index >= 15 is 0 Å². The normalized spacial score (nSPS) is 18.9. The number of nitrogens with one attached hydrogen (secondary N) is 4. The van der Waals surface area contributed by atoms with Crippen LogP contribution in [-0.4, -0.2) is 193 Å². The molecule has 0 spiro atoms. The van der Waals surface area contributed by atoms with Gasteiger partial charge in [0.05, 0.1) is 74.4 Å². The van der Waals surface area contributed by atoms with Gasteiger partial charge in [-0.1, -0.05) is 18.2 Å². The number of benzene rings is 4. The van der Waals surface area contributed by atoms with Crippen molar-refractivity contribution < 1.29 is 9.84 Å². The molecule has 0 bridgehead atoms. The van der Waals surface area contributed by atoms with Crippen molar-refractivity contribution in [3.63, 3.8) is 0 Å². The van der Waals surface area contributed by atoms with Crippen molar-refractivity contribution in [1.29, 1.82) is 0 Å². The summed E-state index contributed by atoms with van der Waals surface area (Å²) in [6.45, 7) is 44.3. The summed E-state index contributed by atoms with van der Waals surface area (Å²) in [6.07, 6.45) is 15.0. The van der Waals surface area contributed by atoms with Crippen LogP contribution >= 0.6 is 0 Å². The van der Waals surface area contributed by atoms with Gasteiger partial charge < -0.3 is 55.6 Å². The Morgan fingerprint density at radius 2 is 0.713 bits per heavy atom. The third-order valence-corrected chi connectivity index (χ3v) is 24.6. The van der Waals surface area contributed by atoms with Crippen molar-refractivity contribution in [1.82, 2.24) is 92.0 Å². The van der Waals surface area contributed by atoms with Crippen LogP contribution in [0.4, 0.5) is 29.0 Å². The van der Waals surface area contributed by atoms with Crippen LogP contribution in [0.15, 0.2) is 146 Å². The van der Waals surface area contributed by atoms with Crippen LogP contribution in [-0.2, 0) is 0 Å². The highest BCUT2D eigenvalue weighted by Crippen LogP contribution is 2.42. The van der Waals surface area contributed by atoms with E-state index in [1.54, 1.807) is 31.8 Å². The number of nitrogens with zero attached hydrogens (tertiary/aromatic N) is 19. The Morgan fingerprint density at radius 1 is 0.352 bits per heavy atom. The Labute approximate surface area is 721 Å². The molecule has 0 aliphatic carbocycles. The number of ether oxygens (including phenoxy) is 1. The van der Waals surface area contributed by atoms with E-state index in [-0.39, 0.29) is 50.1 Å². The lowest BCUT2D eigenvalue weighted by molar-refractivity contribution is 0.160. The average molecular weight is 1650 g/mol. The molecule has 4 aromatic carbocycles. The molecule has 0 radical (unpaired) electrons. The summed E-state index contributed by atoms with van der Waals surface area (Å²) < 4.78 is 5.48. The Bertz CT molecular complexity index is 5650. The van der Waals surface area contributed by atoms with Crippen molar-refractivity contribution in [3.8, 4) is 56.5 Å². The molecule has 12 aromatic rings. The molecule has 25 heteroatoms. The van der Waals surface area contributed by atoms with E-state index in [4.69, 9.17) is 4.74 Å². The molecule has 0 saturated carbocycles. The maximum absolute atomic E-state index is 10.8. The third-order valence-electron chi connectivity index (χ3n) is 24.6. The summed E-state index contributed by atoms with van der Waals surface area (Å²) in [7, 11) is 10.2. The zero-order chi connectivity index (χ0) is 87.4. The number of aryl methyl sites for hydroxylation is 3. The quantitative estimate of drug-likeness (QED) is 0.0677. The predicted octanol–water partition coefficient (Wildman–Crippen LogP) is 17.4. The molecular weight excluding hydrogens is 1520 g/mol. The molecule has 5 fully saturated rings. The highest BCUT2D eigenvalue weighted by Gasteiger charge is 2.44. The van der Waals surface area contributed by atoms with Gasteiger partial charge >= 0.3 is 0 Å². The molecule has 642 valence electrons. The van der Waals surface area contributed by atoms with E-state index < -0.39 is 0 Å². The first kappa shape index (κ1) is 87.5. The van der Waals surface area contributed by atoms with Gasteiger partial charge in [0.2, 0.25) is 0 Å². The van der Waals surface area contributed by atoms with Gasteiger partial charge in [-0.2, -0.15) is 0 Å². The van der Waals surface area contributed by atoms with Gasteiger partial charge in [0.25, 0.3) is 0 Å². The second kappa shape index (κ2) is 34.1. The molecule has 0 atom stereocenters. The van der Waals surface area contributed by atoms with Crippen LogP contribution in [0.5, 0.6) is 11.5 Å². The zero-order valence-corrected chi connectivity index (χ0v) is 76.3. The summed E-state index contributed by atoms with van der Waals surface area (Å²) in [4.78, 5) is 38.5. The fraction of sp³-hybridized carbons (Fsp3) is 0.485. The number of aromatic hydroxyl groups is 1. The monoisotopic (exact) mass is 1650 g/mol. The number of anilines is 5. The average Bonchev–Trinajstić information content (AvgIpc) is 0.745. The number of methoxy groups -OCH3 is 1. The molecule has 8 aromatic heterocycles. The molecule has 5 N–H and O–H groups in total. The molecule has 17 rings (SSSR count). The van der Waals surface area contributed by atoms with Crippen LogP contribution in [0.2, 0.25) is 0 Å². The minimum absolute atomic E-state index is 0.0610. The SMILES string of the molecule is COc1ccnc2ccc(-c3ccc(N(C)C4CC(C)(C)NC(C)(C)C4)nn3)cc12.Cc1cc(N2CCC2)c2cc(-c3ccc(N(C)C4CC(C)(C)NC(C)(C)C4)nn3)c(O)cc2n1.Cc1cnc2cc(-c3ccc(N(C)C4CC(C)(C)NC(C)(C)C4)nn3)ccc2n1.Cc1cnc2ccc(-c3ccc(N(C)C4CC(C)(C)NC(C)(C)C4)nn3)cc2n1.